The van der Waals surface area contributed by atoms with Gasteiger partial charge in [0.05, 0.1) is 6.33 Å². The standard InChI is InChI=1S/C10H13N4O2/c1-6(2)4-14-5-11-8-7(14)9(15)12-10(16)13(8)3/h5-6H,4H2,1-3H3. The van der Waals surface area contributed by atoms with Crippen molar-refractivity contribution in [1.29, 1.82) is 0 Å². The zero-order chi connectivity index (χ0) is 11.9. The minimum Gasteiger partial charge on any atom is -0.324 e. The number of carbonyl (C=O) groups excluding carboxylic acids is 2. The zero-order valence-electron chi connectivity index (χ0n) is 9.47. The Morgan fingerprint density at radius 3 is 2.69 bits per heavy atom. The number of hydrogen-bond acceptors (Lipinski definition) is 3. The summed E-state index contributed by atoms with van der Waals surface area (Å²) >= 11 is 0. The van der Waals surface area contributed by atoms with E-state index in [2.05, 4.69) is 10.3 Å². The first-order chi connectivity index (χ1) is 7.50. The normalized spacial score (nSPS) is 15.4. The quantitative estimate of drug-likeness (QED) is 0.743. The fraction of sp³-hybridized carbons (Fsp3) is 0.500. The van der Waals surface area contributed by atoms with Crippen LogP contribution in [0, 0.1) is 5.92 Å². The van der Waals surface area contributed by atoms with Gasteiger partial charge in [0.15, 0.2) is 11.5 Å². The lowest BCUT2D eigenvalue weighted by molar-refractivity contribution is 0.0947. The number of nitrogens with zero attached hydrogens (tertiary/aromatic N) is 4. The zero-order valence-corrected chi connectivity index (χ0v) is 9.47. The van der Waals surface area contributed by atoms with E-state index in [9.17, 15) is 9.59 Å². The van der Waals surface area contributed by atoms with E-state index in [-0.39, 0.29) is 0 Å². The van der Waals surface area contributed by atoms with Crippen LogP contribution in [0.4, 0.5) is 10.6 Å². The molecule has 0 spiro atoms. The van der Waals surface area contributed by atoms with Crippen LogP contribution in [0.1, 0.15) is 24.3 Å². The van der Waals surface area contributed by atoms with Crippen molar-refractivity contribution in [3.63, 3.8) is 0 Å². The maximum Gasteiger partial charge on any atom is 0.352 e. The molecule has 2 rings (SSSR count). The van der Waals surface area contributed by atoms with E-state index in [1.165, 1.54) is 4.90 Å². The van der Waals surface area contributed by atoms with Gasteiger partial charge in [-0.2, -0.15) is 5.32 Å². The highest BCUT2D eigenvalue weighted by Crippen LogP contribution is 2.22. The highest BCUT2D eigenvalue weighted by molar-refractivity contribution is 6.15. The summed E-state index contributed by atoms with van der Waals surface area (Å²) in [5, 5.41) is 3.43. The van der Waals surface area contributed by atoms with Crippen molar-refractivity contribution in [3.05, 3.63) is 12.0 Å². The van der Waals surface area contributed by atoms with Crippen molar-refractivity contribution in [2.45, 2.75) is 20.4 Å². The first-order valence-corrected chi connectivity index (χ1v) is 5.09. The minimum absolute atomic E-state index is 0.394. The molecule has 0 unspecified atom stereocenters. The van der Waals surface area contributed by atoms with Crippen molar-refractivity contribution in [2.24, 2.45) is 5.92 Å². The van der Waals surface area contributed by atoms with E-state index in [1.807, 2.05) is 13.8 Å². The number of imidazole rings is 1. The number of urea groups is 1. The number of aromatic nitrogens is 2. The van der Waals surface area contributed by atoms with Gasteiger partial charge in [-0.3, -0.25) is 9.69 Å². The smallest absolute Gasteiger partial charge is 0.324 e. The Bertz CT molecular complexity index is 450. The summed E-state index contributed by atoms with van der Waals surface area (Å²) in [6.07, 6.45) is 1.58. The maximum atomic E-state index is 11.6. The molecule has 1 aliphatic heterocycles. The molecule has 1 aromatic rings. The number of fused-ring (bicyclic) bond motifs is 1. The molecule has 0 atom stereocenters. The molecule has 0 N–H and O–H groups in total. The van der Waals surface area contributed by atoms with Gasteiger partial charge >= 0.3 is 11.9 Å². The molecule has 0 saturated carbocycles. The van der Waals surface area contributed by atoms with Crippen molar-refractivity contribution in [1.82, 2.24) is 14.9 Å². The van der Waals surface area contributed by atoms with Crippen LogP contribution >= 0.6 is 0 Å². The Balaban J connectivity index is 2.44. The van der Waals surface area contributed by atoms with Crippen LogP contribution in [0.3, 0.4) is 0 Å². The average Bonchev–Trinajstić information content (AvgIpc) is 2.58. The highest BCUT2D eigenvalue weighted by Gasteiger charge is 2.33. The van der Waals surface area contributed by atoms with Crippen LogP contribution in [-0.4, -0.2) is 28.5 Å². The Kier molecular flexibility index (Phi) is 2.41. The SMILES string of the molecule is CC(C)Cn1cnc2c1C(=O)[N]C(=O)N2C. The lowest BCUT2D eigenvalue weighted by atomic mass is 10.2. The monoisotopic (exact) mass is 221 g/mol. The maximum absolute atomic E-state index is 11.6. The van der Waals surface area contributed by atoms with E-state index in [4.69, 9.17) is 0 Å². The summed E-state index contributed by atoms with van der Waals surface area (Å²) in [4.78, 5) is 28.3. The van der Waals surface area contributed by atoms with Crippen LogP contribution < -0.4 is 10.2 Å². The minimum atomic E-state index is -0.563. The van der Waals surface area contributed by atoms with Gasteiger partial charge in [0, 0.05) is 13.6 Å². The number of hydrogen-bond donors (Lipinski definition) is 0. The molecule has 85 valence electrons. The Morgan fingerprint density at radius 2 is 2.06 bits per heavy atom. The Hall–Kier alpha value is -1.85. The third-order valence-corrected chi connectivity index (χ3v) is 2.38. The lowest BCUT2D eigenvalue weighted by Gasteiger charge is -2.20. The summed E-state index contributed by atoms with van der Waals surface area (Å²) in [6, 6.07) is -0.563. The second kappa shape index (κ2) is 3.62. The van der Waals surface area contributed by atoms with E-state index in [0.29, 0.717) is 24.0 Å². The third kappa shape index (κ3) is 1.56. The van der Waals surface area contributed by atoms with Crippen molar-refractivity contribution < 1.29 is 9.59 Å². The molecule has 0 saturated heterocycles. The average molecular weight is 221 g/mol. The highest BCUT2D eigenvalue weighted by atomic mass is 16.2. The number of anilines is 1. The molecule has 1 aromatic heterocycles. The van der Waals surface area contributed by atoms with E-state index < -0.39 is 11.9 Å². The molecular weight excluding hydrogens is 208 g/mol. The number of carbonyl (C=O) groups is 2. The fourth-order valence-corrected chi connectivity index (χ4v) is 1.67. The van der Waals surface area contributed by atoms with Crippen LogP contribution in [-0.2, 0) is 6.54 Å². The van der Waals surface area contributed by atoms with E-state index >= 15 is 0 Å². The molecule has 1 radical (unpaired) electrons. The number of imide groups is 1. The molecule has 6 heteroatoms. The molecule has 16 heavy (non-hydrogen) atoms. The molecule has 3 amide bonds. The second-order valence-electron chi connectivity index (χ2n) is 4.22. The van der Waals surface area contributed by atoms with E-state index in [1.54, 1.807) is 17.9 Å². The van der Waals surface area contributed by atoms with Gasteiger partial charge < -0.3 is 4.57 Å². The lowest BCUT2D eigenvalue weighted by Crippen LogP contribution is -2.42. The van der Waals surface area contributed by atoms with Crippen molar-refractivity contribution in [2.75, 3.05) is 11.9 Å². The number of amides is 3. The molecule has 1 aliphatic rings. The molecule has 0 aliphatic carbocycles. The van der Waals surface area contributed by atoms with Gasteiger partial charge in [-0.15, -0.1) is 0 Å². The summed E-state index contributed by atoms with van der Waals surface area (Å²) in [6.45, 7) is 4.78. The van der Waals surface area contributed by atoms with Gasteiger partial charge in [-0.05, 0) is 5.92 Å². The molecule has 6 nitrogen and oxygen atoms in total. The Labute approximate surface area is 93.3 Å². The van der Waals surface area contributed by atoms with Crippen LogP contribution in [0.15, 0.2) is 6.33 Å². The number of rotatable bonds is 2. The summed E-state index contributed by atoms with van der Waals surface area (Å²) in [5.41, 5.74) is 0.399. The van der Waals surface area contributed by atoms with Crippen molar-refractivity contribution >= 4 is 17.8 Å². The predicted molar refractivity (Wildman–Crippen MR) is 57.3 cm³/mol. The molecule has 2 heterocycles. The second-order valence-corrected chi connectivity index (χ2v) is 4.22. The molecule has 0 bridgehead atoms. The summed E-state index contributed by atoms with van der Waals surface area (Å²) in [7, 11) is 1.56. The van der Waals surface area contributed by atoms with Gasteiger partial charge in [-0.25, -0.2) is 9.78 Å². The first kappa shape index (κ1) is 10.7. The molecule has 0 aromatic carbocycles. The van der Waals surface area contributed by atoms with Gasteiger partial charge in [0.1, 0.15) is 0 Å². The largest absolute Gasteiger partial charge is 0.352 e. The van der Waals surface area contributed by atoms with Gasteiger partial charge in [0.2, 0.25) is 0 Å². The topological polar surface area (TPSA) is 69.3 Å². The summed E-state index contributed by atoms with van der Waals surface area (Å²) < 4.78 is 1.74. The first-order valence-electron chi connectivity index (χ1n) is 5.09. The Morgan fingerprint density at radius 1 is 1.38 bits per heavy atom. The van der Waals surface area contributed by atoms with E-state index in [0.717, 1.165) is 0 Å². The van der Waals surface area contributed by atoms with Gasteiger partial charge in [0.25, 0.3) is 0 Å². The van der Waals surface area contributed by atoms with Crippen molar-refractivity contribution in [3.8, 4) is 0 Å². The van der Waals surface area contributed by atoms with Gasteiger partial charge in [-0.1, -0.05) is 13.8 Å². The summed E-state index contributed by atoms with van der Waals surface area (Å²) in [5.74, 6) is 0.288. The van der Waals surface area contributed by atoms with Crippen LogP contribution in [0.5, 0.6) is 0 Å². The van der Waals surface area contributed by atoms with Crippen LogP contribution in [0.25, 0.3) is 0 Å². The van der Waals surface area contributed by atoms with Crippen LogP contribution in [0.2, 0.25) is 0 Å². The fourth-order valence-electron chi connectivity index (χ4n) is 1.67. The predicted octanol–water partition coefficient (Wildman–Crippen LogP) is 0.853. The molecular formula is C10H13N4O2. The third-order valence-electron chi connectivity index (χ3n) is 2.38. The molecule has 0 fully saturated rings.